The number of nitrogens with zero attached hydrogens (tertiary/aromatic N) is 1. The molecule has 2 bridgehead atoms. The first-order valence-electron chi connectivity index (χ1n) is 7.70. The van der Waals surface area contributed by atoms with Crippen molar-refractivity contribution in [2.45, 2.75) is 37.8 Å². The number of carbonyl (C=O) groups excluding carboxylic acids is 2. The number of nitrogens with one attached hydrogen (secondary N) is 1. The predicted molar refractivity (Wildman–Crippen MR) is 84.6 cm³/mol. The molecule has 4 rings (SSSR count). The fraction of sp³-hybridized carbons (Fsp3) is 0.500. The number of alkyl halides is 2. The second-order valence-corrected chi connectivity index (χ2v) is 7.03. The third kappa shape index (κ3) is 3.17. The van der Waals surface area contributed by atoms with Crippen LogP contribution in [0.2, 0.25) is 5.02 Å². The molecule has 0 radical (unpaired) electrons. The van der Waals surface area contributed by atoms with Crippen molar-refractivity contribution in [3.05, 3.63) is 34.3 Å². The van der Waals surface area contributed by atoms with E-state index in [2.05, 4.69) is 5.32 Å². The van der Waals surface area contributed by atoms with Crippen LogP contribution in [0.3, 0.4) is 0 Å². The summed E-state index contributed by atoms with van der Waals surface area (Å²) in [4.78, 5) is 25.0. The Hall–Kier alpha value is -1.89. The molecule has 3 saturated carbocycles. The Bertz CT molecular complexity index is 666. The normalized spacial score (nSPS) is 24.1. The van der Waals surface area contributed by atoms with Gasteiger partial charge in [-0.15, -0.1) is 0 Å². The van der Waals surface area contributed by atoms with Crippen molar-refractivity contribution in [1.82, 2.24) is 10.2 Å². The average molecular weight is 358 g/mol. The van der Waals surface area contributed by atoms with Crippen molar-refractivity contribution in [2.24, 2.45) is 11.7 Å². The first kappa shape index (κ1) is 17.0. The van der Waals surface area contributed by atoms with Gasteiger partial charge in [0.05, 0.1) is 6.54 Å². The van der Waals surface area contributed by atoms with Crippen LogP contribution in [0, 0.1) is 5.92 Å². The highest BCUT2D eigenvalue weighted by atomic mass is 35.5. The van der Waals surface area contributed by atoms with Gasteiger partial charge in [-0.1, -0.05) is 11.6 Å². The van der Waals surface area contributed by atoms with Crippen LogP contribution >= 0.6 is 11.6 Å². The van der Waals surface area contributed by atoms with Gasteiger partial charge in [-0.25, -0.2) is 13.6 Å². The fourth-order valence-corrected chi connectivity index (χ4v) is 3.88. The van der Waals surface area contributed by atoms with E-state index in [1.807, 2.05) is 0 Å². The molecule has 3 aliphatic rings. The van der Waals surface area contributed by atoms with E-state index in [1.54, 1.807) is 11.0 Å². The number of primary amides is 1. The highest BCUT2D eigenvalue weighted by Gasteiger charge is 2.61. The Kier molecular flexibility index (Phi) is 4.38. The van der Waals surface area contributed by atoms with Crippen LogP contribution in [0.4, 0.5) is 13.6 Å². The Morgan fingerprint density at radius 3 is 2.50 bits per heavy atom. The summed E-state index contributed by atoms with van der Waals surface area (Å²) in [6.45, 7) is -0.0176. The van der Waals surface area contributed by atoms with E-state index in [-0.39, 0.29) is 35.1 Å². The van der Waals surface area contributed by atoms with E-state index in [0.717, 1.165) is 19.3 Å². The monoisotopic (exact) mass is 357 g/mol. The molecule has 8 heteroatoms. The summed E-state index contributed by atoms with van der Waals surface area (Å²) in [6, 6.07) is 3.39. The summed E-state index contributed by atoms with van der Waals surface area (Å²) >= 11 is 5.92. The maximum absolute atomic E-state index is 13.0. The molecule has 0 heterocycles. The van der Waals surface area contributed by atoms with Crippen LogP contribution in [0.5, 0.6) is 0 Å². The molecular weight excluding hydrogens is 340 g/mol. The van der Waals surface area contributed by atoms with E-state index < -0.39 is 12.5 Å². The smallest absolute Gasteiger partial charge is 0.312 e. The SMILES string of the molecule is NC(=O)NCC(=O)N(Cc1cc(Cl)cc(C(F)F)c1)C12CC(C1)C2. The maximum Gasteiger partial charge on any atom is 0.312 e. The standard InChI is InChI=1S/C16H18ClF2N3O2/c17-12-2-9(1-11(3-12)14(18)19)8-22(13(23)7-21-15(20)24)16-4-10(5-16)6-16/h1-3,10,14H,4-8H2,(H3,20,21,24). The van der Waals surface area contributed by atoms with E-state index in [4.69, 9.17) is 17.3 Å². The molecule has 1 aromatic rings. The zero-order valence-corrected chi connectivity index (χ0v) is 13.7. The number of urea groups is 1. The number of hydrogen-bond acceptors (Lipinski definition) is 2. The van der Waals surface area contributed by atoms with Crippen molar-refractivity contribution < 1.29 is 18.4 Å². The van der Waals surface area contributed by atoms with Crippen molar-refractivity contribution in [3.63, 3.8) is 0 Å². The van der Waals surface area contributed by atoms with Gasteiger partial charge in [0.2, 0.25) is 5.91 Å². The number of benzene rings is 1. The molecule has 3 fully saturated rings. The van der Waals surface area contributed by atoms with Crippen LogP contribution in [0.25, 0.3) is 0 Å². The van der Waals surface area contributed by atoms with Crippen molar-refractivity contribution in [3.8, 4) is 0 Å². The van der Waals surface area contributed by atoms with Gasteiger partial charge >= 0.3 is 6.03 Å². The zero-order valence-electron chi connectivity index (χ0n) is 12.9. The molecule has 0 aliphatic heterocycles. The lowest BCUT2D eigenvalue weighted by atomic mass is 9.49. The summed E-state index contributed by atoms with van der Waals surface area (Å²) in [6.07, 6.45) is 0.116. The highest BCUT2D eigenvalue weighted by Crippen LogP contribution is 2.60. The minimum absolute atomic E-state index is 0.169. The minimum atomic E-state index is -2.63. The fourth-order valence-electron chi connectivity index (χ4n) is 3.62. The van der Waals surface area contributed by atoms with Crippen LogP contribution in [-0.2, 0) is 11.3 Å². The minimum Gasteiger partial charge on any atom is -0.352 e. The molecule has 3 aliphatic carbocycles. The number of carbonyl (C=O) groups is 2. The first-order valence-corrected chi connectivity index (χ1v) is 8.08. The van der Waals surface area contributed by atoms with Crippen LogP contribution < -0.4 is 11.1 Å². The number of rotatable bonds is 6. The lowest BCUT2D eigenvalue weighted by Crippen LogP contribution is -2.70. The lowest BCUT2D eigenvalue weighted by molar-refractivity contribution is -0.173. The summed E-state index contributed by atoms with van der Waals surface area (Å²) in [7, 11) is 0. The van der Waals surface area contributed by atoms with Gasteiger partial charge in [-0.05, 0) is 48.9 Å². The summed E-state index contributed by atoms with van der Waals surface area (Å²) in [5, 5.41) is 2.50. The van der Waals surface area contributed by atoms with Crippen molar-refractivity contribution in [1.29, 1.82) is 0 Å². The van der Waals surface area contributed by atoms with Gasteiger partial charge in [0.1, 0.15) is 0 Å². The molecular formula is C16H18ClF2N3O2. The second-order valence-electron chi connectivity index (χ2n) is 6.59. The van der Waals surface area contributed by atoms with Gasteiger partial charge in [-0.3, -0.25) is 4.79 Å². The van der Waals surface area contributed by atoms with Crippen molar-refractivity contribution >= 4 is 23.5 Å². The predicted octanol–water partition coefficient (Wildman–Crippen LogP) is 2.83. The number of nitrogens with two attached hydrogens (primary N) is 1. The number of hydrogen-bond donors (Lipinski definition) is 2. The molecule has 0 atom stereocenters. The molecule has 3 N–H and O–H groups in total. The zero-order chi connectivity index (χ0) is 17.5. The Balaban J connectivity index is 1.79. The molecule has 1 aromatic carbocycles. The third-order valence-electron chi connectivity index (χ3n) is 4.87. The molecule has 0 spiro atoms. The lowest BCUT2D eigenvalue weighted by Gasteiger charge is -2.66. The van der Waals surface area contributed by atoms with E-state index in [1.165, 1.54) is 12.1 Å². The van der Waals surface area contributed by atoms with E-state index in [9.17, 15) is 18.4 Å². The van der Waals surface area contributed by atoms with Gasteiger partial charge < -0.3 is 16.0 Å². The Morgan fingerprint density at radius 2 is 2.00 bits per heavy atom. The molecule has 3 amide bonds. The molecule has 5 nitrogen and oxygen atoms in total. The van der Waals surface area contributed by atoms with E-state index >= 15 is 0 Å². The second kappa shape index (κ2) is 6.20. The Morgan fingerprint density at radius 1 is 1.33 bits per heavy atom. The summed E-state index contributed by atoms with van der Waals surface area (Å²) in [5.74, 6) is 0.367. The quantitative estimate of drug-likeness (QED) is 0.821. The molecule has 0 unspecified atom stereocenters. The summed E-state index contributed by atoms with van der Waals surface area (Å²) < 4.78 is 25.9. The number of amides is 3. The molecule has 24 heavy (non-hydrogen) atoms. The van der Waals surface area contributed by atoms with Crippen LogP contribution in [0.15, 0.2) is 18.2 Å². The van der Waals surface area contributed by atoms with Gasteiger partial charge in [0, 0.05) is 22.7 Å². The van der Waals surface area contributed by atoms with Gasteiger partial charge in [0.25, 0.3) is 6.43 Å². The van der Waals surface area contributed by atoms with Crippen molar-refractivity contribution in [2.75, 3.05) is 6.54 Å². The maximum atomic E-state index is 13.0. The molecule has 0 aromatic heterocycles. The molecule has 0 saturated heterocycles. The van der Waals surface area contributed by atoms with E-state index in [0.29, 0.717) is 11.5 Å². The first-order chi connectivity index (χ1) is 11.3. The third-order valence-corrected chi connectivity index (χ3v) is 5.08. The molecule has 130 valence electrons. The Labute approximate surface area is 143 Å². The van der Waals surface area contributed by atoms with Gasteiger partial charge in [-0.2, -0.15) is 0 Å². The van der Waals surface area contributed by atoms with Crippen LogP contribution in [0.1, 0.15) is 36.8 Å². The largest absolute Gasteiger partial charge is 0.352 e. The average Bonchev–Trinajstić information content (AvgIpc) is 2.40. The number of halogens is 3. The topological polar surface area (TPSA) is 75.4 Å². The van der Waals surface area contributed by atoms with Crippen LogP contribution in [-0.4, -0.2) is 28.9 Å². The highest BCUT2D eigenvalue weighted by molar-refractivity contribution is 6.30. The van der Waals surface area contributed by atoms with Gasteiger partial charge in [0.15, 0.2) is 0 Å². The summed E-state index contributed by atoms with van der Waals surface area (Å²) in [5.41, 5.74) is 5.18.